The van der Waals surface area contributed by atoms with Crippen molar-refractivity contribution in [2.75, 3.05) is 0 Å². The van der Waals surface area contributed by atoms with E-state index in [4.69, 9.17) is 4.74 Å². The van der Waals surface area contributed by atoms with Crippen molar-refractivity contribution in [3.63, 3.8) is 0 Å². The van der Waals surface area contributed by atoms with Gasteiger partial charge < -0.3 is 4.74 Å². The van der Waals surface area contributed by atoms with Crippen LogP contribution in [-0.2, 0) is 23.1 Å². The molecule has 23 heavy (non-hydrogen) atoms. The summed E-state index contributed by atoms with van der Waals surface area (Å²) >= 11 is 0. The molecule has 2 heterocycles. The molecule has 0 unspecified atom stereocenters. The fourth-order valence-electron chi connectivity index (χ4n) is 2.60. The van der Waals surface area contributed by atoms with Gasteiger partial charge in [0.05, 0.1) is 12.3 Å². The van der Waals surface area contributed by atoms with Crippen LogP contribution >= 0.6 is 0 Å². The average molecular weight is 322 g/mol. The Morgan fingerprint density at radius 1 is 1.30 bits per heavy atom. The predicted molar refractivity (Wildman–Crippen MR) is 84.5 cm³/mol. The summed E-state index contributed by atoms with van der Waals surface area (Å²) in [7, 11) is 1.60. The van der Waals surface area contributed by atoms with Crippen LogP contribution in [0, 0.1) is 6.92 Å². The molecule has 0 aliphatic rings. The first-order valence-corrected chi connectivity index (χ1v) is 7.64. The van der Waals surface area contributed by atoms with Gasteiger partial charge in [0.25, 0.3) is 0 Å². The molecule has 2 aromatic heterocycles. The molecule has 0 saturated carbocycles. The molecule has 8 nitrogen and oxygen atoms in total. The number of carbonyl (C=O) groups excluding carboxylic acids is 1. The van der Waals surface area contributed by atoms with Gasteiger partial charge in [0.1, 0.15) is 0 Å². The van der Waals surface area contributed by atoms with E-state index in [2.05, 4.69) is 4.98 Å². The Hall–Kier alpha value is -2.38. The van der Waals surface area contributed by atoms with Gasteiger partial charge in [-0.25, -0.2) is 23.5 Å². The van der Waals surface area contributed by atoms with Gasteiger partial charge in [0.2, 0.25) is 5.78 Å². The summed E-state index contributed by atoms with van der Waals surface area (Å²) in [5.41, 5.74) is -0.0508. The van der Waals surface area contributed by atoms with Crippen LogP contribution in [0.1, 0.15) is 38.8 Å². The number of aromatic nitrogens is 4. The predicted octanol–water partition coefficient (Wildman–Crippen LogP) is 0.625. The van der Waals surface area contributed by atoms with Crippen LogP contribution in [0.2, 0.25) is 0 Å². The Labute approximate surface area is 133 Å². The van der Waals surface area contributed by atoms with E-state index in [1.54, 1.807) is 20.2 Å². The SMILES string of the molecule is CC(=O)O[C@H](C)CCCCn1c(=O)n(C)c2ncc(C)n2c1=O. The summed E-state index contributed by atoms with van der Waals surface area (Å²) < 4.78 is 9.07. The Balaban J connectivity index is 2.12. The molecule has 0 aromatic carbocycles. The Bertz CT molecular complexity index is 830. The molecule has 2 rings (SSSR count). The van der Waals surface area contributed by atoms with Gasteiger partial charge in [0, 0.05) is 26.2 Å². The Morgan fingerprint density at radius 3 is 2.65 bits per heavy atom. The molecular weight excluding hydrogens is 300 g/mol. The minimum atomic E-state index is -0.374. The number of hydrogen-bond acceptors (Lipinski definition) is 5. The molecule has 1 atom stereocenters. The normalized spacial score (nSPS) is 12.5. The summed E-state index contributed by atoms with van der Waals surface area (Å²) in [6.45, 7) is 5.30. The lowest BCUT2D eigenvalue weighted by Gasteiger charge is -2.12. The van der Waals surface area contributed by atoms with Crippen LogP contribution in [-0.4, -0.2) is 30.6 Å². The number of imidazole rings is 1. The van der Waals surface area contributed by atoms with Crippen LogP contribution in [0.4, 0.5) is 0 Å². The maximum absolute atomic E-state index is 12.5. The third-order valence-electron chi connectivity index (χ3n) is 3.77. The number of esters is 1. The highest BCUT2D eigenvalue weighted by Crippen LogP contribution is 2.05. The first-order chi connectivity index (χ1) is 10.8. The van der Waals surface area contributed by atoms with Crippen LogP contribution in [0.3, 0.4) is 0 Å². The molecular formula is C15H22N4O4. The van der Waals surface area contributed by atoms with Crippen molar-refractivity contribution in [2.45, 2.75) is 52.7 Å². The number of ether oxygens (including phenoxy) is 1. The van der Waals surface area contributed by atoms with Crippen molar-refractivity contribution in [1.29, 1.82) is 0 Å². The van der Waals surface area contributed by atoms with Gasteiger partial charge in [-0.3, -0.25) is 9.36 Å². The smallest absolute Gasteiger partial charge is 0.339 e. The Kier molecular flexibility index (Phi) is 5.02. The molecule has 8 heteroatoms. The lowest BCUT2D eigenvalue weighted by Crippen LogP contribution is -2.43. The molecule has 0 amide bonds. The molecule has 0 aliphatic carbocycles. The second-order valence-corrected chi connectivity index (χ2v) is 5.73. The van der Waals surface area contributed by atoms with Crippen LogP contribution in [0.5, 0.6) is 0 Å². The highest BCUT2D eigenvalue weighted by atomic mass is 16.5. The second kappa shape index (κ2) is 6.80. The van der Waals surface area contributed by atoms with Crippen molar-refractivity contribution >= 4 is 11.7 Å². The highest BCUT2D eigenvalue weighted by Gasteiger charge is 2.13. The minimum Gasteiger partial charge on any atom is -0.463 e. The number of nitrogens with zero attached hydrogens (tertiary/aromatic N) is 4. The summed E-state index contributed by atoms with van der Waals surface area (Å²) in [4.78, 5) is 39.7. The monoisotopic (exact) mass is 322 g/mol. The highest BCUT2D eigenvalue weighted by molar-refractivity contribution is 5.66. The number of carbonyl (C=O) groups is 1. The van der Waals surface area contributed by atoms with E-state index in [0.717, 1.165) is 6.42 Å². The minimum absolute atomic E-state index is 0.162. The van der Waals surface area contributed by atoms with E-state index in [1.807, 2.05) is 6.92 Å². The summed E-state index contributed by atoms with van der Waals surface area (Å²) in [5.74, 6) is 0.0425. The largest absolute Gasteiger partial charge is 0.463 e. The van der Waals surface area contributed by atoms with E-state index in [9.17, 15) is 14.4 Å². The van der Waals surface area contributed by atoms with Crippen molar-refractivity contribution < 1.29 is 9.53 Å². The number of hydrogen-bond donors (Lipinski definition) is 0. The van der Waals surface area contributed by atoms with E-state index < -0.39 is 0 Å². The van der Waals surface area contributed by atoms with Gasteiger partial charge in [-0.2, -0.15) is 0 Å². The van der Waals surface area contributed by atoms with Gasteiger partial charge >= 0.3 is 17.3 Å². The van der Waals surface area contributed by atoms with E-state index in [0.29, 0.717) is 30.9 Å². The molecule has 0 spiro atoms. The Morgan fingerprint density at radius 2 is 2.00 bits per heavy atom. The maximum atomic E-state index is 12.5. The van der Waals surface area contributed by atoms with Crippen LogP contribution < -0.4 is 11.4 Å². The second-order valence-electron chi connectivity index (χ2n) is 5.73. The fourth-order valence-corrected chi connectivity index (χ4v) is 2.60. The molecule has 126 valence electrons. The van der Waals surface area contributed by atoms with Gasteiger partial charge in [-0.1, -0.05) is 0 Å². The van der Waals surface area contributed by atoms with Gasteiger partial charge in [-0.05, 0) is 33.1 Å². The van der Waals surface area contributed by atoms with Crippen LogP contribution in [0.15, 0.2) is 15.8 Å². The first kappa shape index (κ1) is 17.0. The lowest BCUT2D eigenvalue weighted by molar-refractivity contribution is -0.145. The van der Waals surface area contributed by atoms with Gasteiger partial charge in [-0.15, -0.1) is 0 Å². The number of fused-ring (bicyclic) bond motifs is 1. The maximum Gasteiger partial charge on any atom is 0.339 e. The summed E-state index contributed by atoms with van der Waals surface area (Å²) in [5, 5.41) is 0. The summed E-state index contributed by atoms with van der Waals surface area (Å²) in [6.07, 6.45) is 3.51. The van der Waals surface area contributed by atoms with E-state index >= 15 is 0 Å². The molecule has 0 bridgehead atoms. The lowest BCUT2D eigenvalue weighted by atomic mass is 10.2. The topological polar surface area (TPSA) is 87.6 Å². The molecule has 0 radical (unpaired) electrons. The van der Waals surface area contributed by atoms with Crippen molar-refractivity contribution in [1.82, 2.24) is 18.5 Å². The van der Waals surface area contributed by atoms with Crippen molar-refractivity contribution in [3.8, 4) is 0 Å². The van der Waals surface area contributed by atoms with E-state index in [-0.39, 0.29) is 23.5 Å². The molecule has 2 aromatic rings. The number of unbranched alkanes of at least 4 members (excludes halogenated alkanes) is 1. The zero-order chi connectivity index (χ0) is 17.1. The fraction of sp³-hybridized carbons (Fsp3) is 0.600. The zero-order valence-electron chi connectivity index (χ0n) is 13.9. The summed E-state index contributed by atoms with van der Waals surface area (Å²) in [6, 6.07) is 0. The van der Waals surface area contributed by atoms with Gasteiger partial charge in [0.15, 0.2) is 0 Å². The first-order valence-electron chi connectivity index (χ1n) is 7.64. The third kappa shape index (κ3) is 3.52. The molecule has 0 saturated heterocycles. The standard InChI is InChI=1S/C15H22N4O4/c1-10-9-16-13-17(4)14(21)18(15(22)19(10)13)8-6-5-7-11(2)23-12(3)20/h9,11H,5-8H2,1-4H3/t11-/m1/s1. The van der Waals surface area contributed by atoms with Crippen molar-refractivity contribution in [3.05, 3.63) is 32.9 Å². The number of rotatable bonds is 6. The average Bonchev–Trinajstić information content (AvgIpc) is 2.85. The molecule has 0 aliphatic heterocycles. The van der Waals surface area contributed by atoms with E-state index in [1.165, 1.54) is 20.5 Å². The van der Waals surface area contributed by atoms with Crippen molar-refractivity contribution in [2.24, 2.45) is 7.05 Å². The van der Waals surface area contributed by atoms with Crippen LogP contribution in [0.25, 0.3) is 5.78 Å². The zero-order valence-corrected chi connectivity index (χ0v) is 13.9. The molecule has 0 N–H and O–H groups in total. The number of aryl methyl sites for hydroxylation is 2. The molecule has 0 fully saturated rings. The quantitative estimate of drug-likeness (QED) is 0.575. The third-order valence-corrected chi connectivity index (χ3v) is 3.77.